The van der Waals surface area contributed by atoms with E-state index in [1.165, 1.54) is 12.1 Å². The Kier molecular flexibility index (Phi) is 4.82. The first-order valence-corrected chi connectivity index (χ1v) is 8.16. The van der Waals surface area contributed by atoms with Gasteiger partial charge >= 0.3 is 0 Å². The molecule has 5 nitrogen and oxygen atoms in total. The minimum absolute atomic E-state index is 0.0745. The third kappa shape index (κ3) is 4.20. The lowest BCUT2D eigenvalue weighted by molar-refractivity contribution is -0.134. The van der Waals surface area contributed by atoms with Gasteiger partial charge in [0.15, 0.2) is 0 Å². The second-order valence-electron chi connectivity index (χ2n) is 6.07. The van der Waals surface area contributed by atoms with Crippen LogP contribution in [0.4, 0.5) is 4.39 Å². The van der Waals surface area contributed by atoms with Crippen LogP contribution in [0.15, 0.2) is 18.2 Å². The third-order valence-corrected chi connectivity index (χ3v) is 4.44. The van der Waals surface area contributed by atoms with Crippen molar-refractivity contribution in [2.24, 2.45) is 0 Å². The van der Waals surface area contributed by atoms with Crippen molar-refractivity contribution in [2.45, 2.75) is 37.9 Å². The van der Waals surface area contributed by atoms with E-state index < -0.39 is 11.9 Å². The lowest BCUT2D eigenvalue weighted by Crippen LogP contribution is -2.56. The second-order valence-corrected chi connectivity index (χ2v) is 6.48. The van der Waals surface area contributed by atoms with E-state index >= 15 is 0 Å². The summed E-state index contributed by atoms with van der Waals surface area (Å²) in [4.78, 5) is 26.0. The Hall–Kier alpha value is -1.66. The standard InChI is InChI=1S/C16H19ClFN3O2/c17-12-4-1-10(7-13(12)18)9-21-6-5-19-16(23)14(21)8-15(22)20-11-2-3-11/h1,4,7,11,14H,2-3,5-6,8-9H2,(H,19,23)(H,20,22). The van der Waals surface area contributed by atoms with Crippen LogP contribution in [0.1, 0.15) is 24.8 Å². The highest BCUT2D eigenvalue weighted by atomic mass is 35.5. The average molecular weight is 340 g/mol. The van der Waals surface area contributed by atoms with Gasteiger partial charge in [-0.05, 0) is 30.5 Å². The summed E-state index contributed by atoms with van der Waals surface area (Å²) < 4.78 is 13.6. The zero-order valence-electron chi connectivity index (χ0n) is 12.6. The fourth-order valence-electron chi connectivity index (χ4n) is 2.74. The molecule has 2 aliphatic rings. The van der Waals surface area contributed by atoms with Gasteiger partial charge in [0.1, 0.15) is 5.82 Å². The van der Waals surface area contributed by atoms with E-state index in [4.69, 9.17) is 11.6 Å². The monoisotopic (exact) mass is 339 g/mol. The van der Waals surface area contributed by atoms with Crippen molar-refractivity contribution in [2.75, 3.05) is 13.1 Å². The van der Waals surface area contributed by atoms with E-state index in [0.29, 0.717) is 19.6 Å². The Bertz CT molecular complexity index is 621. The van der Waals surface area contributed by atoms with Crippen molar-refractivity contribution in [3.8, 4) is 0 Å². The van der Waals surface area contributed by atoms with Gasteiger partial charge in [-0.15, -0.1) is 0 Å². The normalized spacial score (nSPS) is 21.8. The number of carbonyl (C=O) groups is 2. The molecule has 1 saturated heterocycles. The van der Waals surface area contributed by atoms with Crippen molar-refractivity contribution < 1.29 is 14.0 Å². The maximum Gasteiger partial charge on any atom is 0.237 e. The van der Waals surface area contributed by atoms with Crippen LogP contribution in [0.5, 0.6) is 0 Å². The summed E-state index contributed by atoms with van der Waals surface area (Å²) in [5.74, 6) is -0.743. The van der Waals surface area contributed by atoms with Gasteiger partial charge in [-0.25, -0.2) is 4.39 Å². The van der Waals surface area contributed by atoms with Gasteiger partial charge in [0, 0.05) is 25.7 Å². The lowest BCUT2D eigenvalue weighted by Gasteiger charge is -2.34. The average Bonchev–Trinajstić information content (AvgIpc) is 3.30. The molecule has 1 atom stereocenters. The molecule has 0 bridgehead atoms. The molecule has 0 radical (unpaired) electrons. The summed E-state index contributed by atoms with van der Waals surface area (Å²) in [6.07, 6.45) is 2.14. The van der Waals surface area contributed by atoms with Crippen molar-refractivity contribution in [3.05, 3.63) is 34.6 Å². The minimum atomic E-state index is -0.527. The fraction of sp³-hybridized carbons (Fsp3) is 0.500. The lowest BCUT2D eigenvalue weighted by atomic mass is 10.1. The molecule has 124 valence electrons. The molecule has 1 aliphatic carbocycles. The molecule has 1 aromatic carbocycles. The summed E-state index contributed by atoms with van der Waals surface area (Å²) >= 11 is 5.69. The summed E-state index contributed by atoms with van der Waals surface area (Å²) in [5.41, 5.74) is 0.731. The molecule has 1 heterocycles. The van der Waals surface area contributed by atoms with Gasteiger partial charge < -0.3 is 10.6 Å². The van der Waals surface area contributed by atoms with E-state index in [-0.39, 0.29) is 29.3 Å². The van der Waals surface area contributed by atoms with Crippen LogP contribution in [0, 0.1) is 5.82 Å². The maximum absolute atomic E-state index is 13.6. The second kappa shape index (κ2) is 6.84. The SMILES string of the molecule is O=C(CC1C(=O)NCCN1Cc1ccc(Cl)c(F)c1)NC1CC1. The molecule has 2 fully saturated rings. The van der Waals surface area contributed by atoms with Crippen LogP contribution < -0.4 is 10.6 Å². The van der Waals surface area contributed by atoms with E-state index in [0.717, 1.165) is 18.4 Å². The summed E-state index contributed by atoms with van der Waals surface area (Å²) in [5, 5.41) is 5.76. The number of halogens is 2. The highest BCUT2D eigenvalue weighted by Gasteiger charge is 2.33. The molecule has 2 amide bonds. The zero-order chi connectivity index (χ0) is 16.4. The molecule has 1 unspecified atom stereocenters. The first kappa shape index (κ1) is 16.2. The molecule has 1 aromatic rings. The molecule has 0 spiro atoms. The van der Waals surface area contributed by atoms with Gasteiger partial charge in [0.2, 0.25) is 11.8 Å². The molecule has 2 N–H and O–H groups in total. The molecule has 0 aromatic heterocycles. The number of rotatable bonds is 5. The summed E-state index contributed by atoms with van der Waals surface area (Å²) in [6.45, 7) is 1.55. The predicted octanol–water partition coefficient (Wildman–Crippen LogP) is 1.45. The Morgan fingerprint density at radius 2 is 2.22 bits per heavy atom. The number of hydrogen-bond donors (Lipinski definition) is 2. The largest absolute Gasteiger partial charge is 0.353 e. The van der Waals surface area contributed by atoms with Crippen LogP contribution in [0.3, 0.4) is 0 Å². The number of hydrogen-bond acceptors (Lipinski definition) is 3. The van der Waals surface area contributed by atoms with Crippen molar-refractivity contribution in [3.63, 3.8) is 0 Å². The van der Waals surface area contributed by atoms with Gasteiger partial charge in [0.05, 0.1) is 17.5 Å². The van der Waals surface area contributed by atoms with Gasteiger partial charge in [-0.3, -0.25) is 14.5 Å². The van der Waals surface area contributed by atoms with Gasteiger partial charge in [0.25, 0.3) is 0 Å². The molecule has 1 saturated carbocycles. The van der Waals surface area contributed by atoms with Crippen LogP contribution in [0.25, 0.3) is 0 Å². The number of amides is 2. The van der Waals surface area contributed by atoms with Crippen LogP contribution in [-0.2, 0) is 16.1 Å². The Labute approximate surface area is 139 Å². The molecular formula is C16H19ClFN3O2. The molecule has 23 heavy (non-hydrogen) atoms. The maximum atomic E-state index is 13.6. The highest BCUT2D eigenvalue weighted by molar-refractivity contribution is 6.30. The van der Waals surface area contributed by atoms with Crippen molar-refractivity contribution in [1.29, 1.82) is 0 Å². The number of nitrogens with one attached hydrogen (secondary N) is 2. The number of benzene rings is 1. The summed E-state index contributed by atoms with van der Waals surface area (Å²) in [7, 11) is 0. The third-order valence-electron chi connectivity index (χ3n) is 4.13. The Balaban J connectivity index is 1.67. The fourth-order valence-corrected chi connectivity index (χ4v) is 2.85. The predicted molar refractivity (Wildman–Crippen MR) is 84.4 cm³/mol. The smallest absolute Gasteiger partial charge is 0.237 e. The van der Waals surface area contributed by atoms with Gasteiger partial charge in [-0.1, -0.05) is 17.7 Å². The van der Waals surface area contributed by atoms with Gasteiger partial charge in [-0.2, -0.15) is 0 Å². The molecular weight excluding hydrogens is 321 g/mol. The van der Waals surface area contributed by atoms with Crippen LogP contribution in [0.2, 0.25) is 5.02 Å². The highest BCUT2D eigenvalue weighted by Crippen LogP contribution is 2.21. The zero-order valence-corrected chi connectivity index (χ0v) is 13.4. The number of piperazine rings is 1. The number of nitrogens with zero attached hydrogens (tertiary/aromatic N) is 1. The van der Waals surface area contributed by atoms with Crippen molar-refractivity contribution >= 4 is 23.4 Å². The molecule has 3 rings (SSSR count). The van der Waals surface area contributed by atoms with E-state index in [1.807, 2.05) is 4.90 Å². The number of carbonyl (C=O) groups excluding carboxylic acids is 2. The van der Waals surface area contributed by atoms with E-state index in [1.54, 1.807) is 6.07 Å². The Morgan fingerprint density at radius 3 is 2.91 bits per heavy atom. The molecule has 1 aliphatic heterocycles. The first-order valence-electron chi connectivity index (χ1n) is 7.78. The molecule has 7 heteroatoms. The summed E-state index contributed by atoms with van der Waals surface area (Å²) in [6, 6.07) is 4.36. The quantitative estimate of drug-likeness (QED) is 0.853. The minimum Gasteiger partial charge on any atom is -0.353 e. The van der Waals surface area contributed by atoms with E-state index in [2.05, 4.69) is 10.6 Å². The van der Waals surface area contributed by atoms with E-state index in [9.17, 15) is 14.0 Å². The van der Waals surface area contributed by atoms with Crippen molar-refractivity contribution in [1.82, 2.24) is 15.5 Å². The van der Waals surface area contributed by atoms with Crippen LogP contribution in [-0.4, -0.2) is 41.9 Å². The van der Waals surface area contributed by atoms with Crippen LogP contribution >= 0.6 is 11.6 Å². The first-order chi connectivity index (χ1) is 11.0. The topological polar surface area (TPSA) is 61.4 Å². The Morgan fingerprint density at radius 1 is 1.43 bits per heavy atom.